The highest BCUT2D eigenvalue weighted by Gasteiger charge is 2.07. The molecule has 0 heterocycles. The lowest BCUT2D eigenvalue weighted by Gasteiger charge is -1.91. The van der Waals surface area contributed by atoms with Crippen LogP contribution in [-0.4, -0.2) is 44.3 Å². The molecule has 0 aliphatic heterocycles. The first kappa shape index (κ1) is 16.8. The molecule has 0 aromatic carbocycles. The summed E-state index contributed by atoms with van der Waals surface area (Å²) in [6.07, 6.45) is 0.611. The Hall–Kier alpha value is -2.64. The Morgan fingerprint density at radius 1 is 0.882 bits per heavy atom. The zero-order chi connectivity index (χ0) is 14.0. The molecule has 0 fully saturated rings. The third-order valence-corrected chi connectivity index (χ3v) is 1.04. The predicted octanol–water partition coefficient (Wildman–Crippen LogP) is -0.186. The Morgan fingerprint density at radius 2 is 1.24 bits per heavy atom. The van der Waals surface area contributed by atoms with Crippen molar-refractivity contribution >= 4 is 23.9 Å². The average Bonchev–Trinajstić information content (AvgIpc) is 2.14. The summed E-state index contributed by atoms with van der Waals surface area (Å²) in [7, 11) is 0. The highest BCUT2D eigenvalue weighted by Crippen LogP contribution is 1.95. The van der Waals surface area contributed by atoms with Gasteiger partial charge in [-0.1, -0.05) is 6.58 Å². The first-order chi connectivity index (χ1) is 7.66. The van der Waals surface area contributed by atoms with Crippen LogP contribution in [0.5, 0.6) is 0 Å². The summed E-state index contributed by atoms with van der Waals surface area (Å²) in [4.78, 5) is 38.8. The molecule has 0 aliphatic rings. The fourth-order valence-corrected chi connectivity index (χ4v) is 0.401. The standard InChI is InChI=1S/C5H6O4.C4H4O4/c1-3(5(8)9)2-4(6)7;5-3(6)1-2-4(7)8/h1-2H2,(H,6,7)(H,8,9);1-2H,(H,5,6)(H,7,8)/b;2-1-. The van der Waals surface area contributed by atoms with Gasteiger partial charge in [0.1, 0.15) is 0 Å². The second-order valence-electron chi connectivity index (χ2n) is 2.49. The minimum Gasteiger partial charge on any atom is -0.481 e. The van der Waals surface area contributed by atoms with Crippen molar-refractivity contribution in [2.45, 2.75) is 6.42 Å². The summed E-state index contributed by atoms with van der Waals surface area (Å²) in [6, 6.07) is 0. The van der Waals surface area contributed by atoms with E-state index in [4.69, 9.17) is 20.4 Å². The molecule has 0 unspecified atom stereocenters. The van der Waals surface area contributed by atoms with Crippen LogP contribution in [0.2, 0.25) is 0 Å². The van der Waals surface area contributed by atoms with Crippen molar-refractivity contribution in [2.24, 2.45) is 0 Å². The molecule has 0 atom stereocenters. The van der Waals surface area contributed by atoms with Gasteiger partial charge in [0.2, 0.25) is 0 Å². The van der Waals surface area contributed by atoms with Gasteiger partial charge in [0.05, 0.1) is 6.42 Å². The van der Waals surface area contributed by atoms with Crippen LogP contribution in [0.1, 0.15) is 6.42 Å². The number of rotatable bonds is 5. The largest absolute Gasteiger partial charge is 0.481 e. The van der Waals surface area contributed by atoms with Gasteiger partial charge in [0.25, 0.3) is 0 Å². The fraction of sp³-hybridized carbons (Fsp3) is 0.111. The number of carboxylic acid groups (broad SMARTS) is 4. The van der Waals surface area contributed by atoms with Crippen LogP contribution in [0.4, 0.5) is 0 Å². The molecular formula is C9H10O8. The summed E-state index contributed by atoms with van der Waals surface area (Å²) >= 11 is 0. The van der Waals surface area contributed by atoms with E-state index in [9.17, 15) is 19.2 Å². The zero-order valence-corrected chi connectivity index (χ0v) is 8.49. The molecule has 17 heavy (non-hydrogen) atoms. The Balaban J connectivity index is 0. The first-order valence-corrected chi connectivity index (χ1v) is 3.93. The van der Waals surface area contributed by atoms with E-state index >= 15 is 0 Å². The zero-order valence-electron chi connectivity index (χ0n) is 8.49. The molecule has 0 saturated carbocycles. The van der Waals surface area contributed by atoms with Crippen molar-refractivity contribution in [3.8, 4) is 0 Å². The molecule has 0 amide bonds. The van der Waals surface area contributed by atoms with E-state index in [0.29, 0.717) is 12.2 Å². The summed E-state index contributed by atoms with van der Waals surface area (Å²) in [6.45, 7) is 3.01. The SMILES string of the molecule is C=C(CC(=O)O)C(=O)O.O=C(O)/C=C\C(=O)O. The highest BCUT2D eigenvalue weighted by atomic mass is 16.4. The molecule has 0 saturated heterocycles. The Morgan fingerprint density at radius 3 is 1.35 bits per heavy atom. The molecule has 0 aromatic heterocycles. The molecule has 0 bridgehead atoms. The van der Waals surface area contributed by atoms with Gasteiger partial charge < -0.3 is 20.4 Å². The van der Waals surface area contributed by atoms with Gasteiger partial charge in [-0.05, 0) is 0 Å². The topological polar surface area (TPSA) is 149 Å². The second kappa shape index (κ2) is 8.65. The van der Waals surface area contributed by atoms with Gasteiger partial charge in [-0.15, -0.1) is 0 Å². The molecule has 8 nitrogen and oxygen atoms in total. The van der Waals surface area contributed by atoms with Crippen molar-refractivity contribution in [2.75, 3.05) is 0 Å². The van der Waals surface area contributed by atoms with E-state index in [1.165, 1.54) is 0 Å². The maximum Gasteiger partial charge on any atom is 0.331 e. The number of aliphatic carboxylic acids is 4. The molecule has 8 heteroatoms. The normalized spacial score (nSPS) is 8.94. The van der Waals surface area contributed by atoms with Crippen LogP contribution in [0.3, 0.4) is 0 Å². The van der Waals surface area contributed by atoms with Crippen LogP contribution in [0.25, 0.3) is 0 Å². The molecule has 0 aliphatic carbocycles. The molecule has 4 N–H and O–H groups in total. The van der Waals surface area contributed by atoms with Crippen LogP contribution in [0.15, 0.2) is 24.3 Å². The van der Waals surface area contributed by atoms with Gasteiger partial charge in [-0.25, -0.2) is 14.4 Å². The maximum atomic E-state index is 9.87. The van der Waals surface area contributed by atoms with E-state index in [0.717, 1.165) is 0 Å². The van der Waals surface area contributed by atoms with Gasteiger partial charge in [0, 0.05) is 17.7 Å². The van der Waals surface area contributed by atoms with E-state index in [-0.39, 0.29) is 5.57 Å². The Kier molecular flexibility index (Phi) is 8.54. The monoisotopic (exact) mass is 246 g/mol. The third kappa shape index (κ3) is 16.1. The van der Waals surface area contributed by atoms with Gasteiger partial charge in [0.15, 0.2) is 0 Å². The molecular weight excluding hydrogens is 236 g/mol. The van der Waals surface area contributed by atoms with E-state index in [2.05, 4.69) is 6.58 Å². The van der Waals surface area contributed by atoms with E-state index in [1.807, 2.05) is 0 Å². The number of carbonyl (C=O) groups is 4. The summed E-state index contributed by atoms with van der Waals surface area (Å²) in [5.74, 6) is -4.96. The van der Waals surface area contributed by atoms with Crippen LogP contribution >= 0.6 is 0 Å². The lowest BCUT2D eigenvalue weighted by Crippen LogP contribution is -2.04. The first-order valence-electron chi connectivity index (χ1n) is 3.93. The minimum atomic E-state index is -1.27. The Labute approximate surface area is 95.1 Å². The minimum absolute atomic E-state index is 0.303. The summed E-state index contributed by atoms with van der Waals surface area (Å²) in [5, 5.41) is 31.7. The molecule has 0 spiro atoms. The number of carboxylic acids is 4. The molecule has 0 aromatic rings. The van der Waals surface area contributed by atoms with Crippen molar-refractivity contribution in [3.63, 3.8) is 0 Å². The van der Waals surface area contributed by atoms with Gasteiger partial charge in [-0.2, -0.15) is 0 Å². The predicted molar refractivity (Wildman–Crippen MR) is 53.4 cm³/mol. The van der Waals surface area contributed by atoms with Crippen molar-refractivity contribution < 1.29 is 39.6 Å². The van der Waals surface area contributed by atoms with Crippen LogP contribution < -0.4 is 0 Å². The summed E-state index contributed by atoms with van der Waals surface area (Å²) in [5.41, 5.74) is -0.303. The fourth-order valence-electron chi connectivity index (χ4n) is 0.401. The quantitative estimate of drug-likeness (QED) is 0.487. The van der Waals surface area contributed by atoms with Crippen LogP contribution in [0, 0.1) is 0 Å². The number of hydrogen-bond acceptors (Lipinski definition) is 4. The summed E-state index contributed by atoms with van der Waals surface area (Å²) < 4.78 is 0. The smallest absolute Gasteiger partial charge is 0.331 e. The van der Waals surface area contributed by atoms with Crippen LogP contribution in [-0.2, 0) is 19.2 Å². The molecule has 94 valence electrons. The van der Waals surface area contributed by atoms with Gasteiger partial charge in [-0.3, -0.25) is 4.79 Å². The highest BCUT2D eigenvalue weighted by molar-refractivity contribution is 5.91. The van der Waals surface area contributed by atoms with Crippen molar-refractivity contribution in [1.29, 1.82) is 0 Å². The maximum absolute atomic E-state index is 9.87. The lowest BCUT2D eigenvalue weighted by molar-refractivity contribution is -0.139. The van der Waals surface area contributed by atoms with Crippen molar-refractivity contribution in [3.05, 3.63) is 24.3 Å². The van der Waals surface area contributed by atoms with Crippen molar-refractivity contribution in [1.82, 2.24) is 0 Å². The average molecular weight is 246 g/mol. The lowest BCUT2D eigenvalue weighted by atomic mass is 10.2. The van der Waals surface area contributed by atoms with E-state index < -0.39 is 30.3 Å². The Bertz CT molecular complexity index is 349. The second-order valence-corrected chi connectivity index (χ2v) is 2.49. The number of hydrogen-bond donors (Lipinski definition) is 4. The molecule has 0 radical (unpaired) electrons. The van der Waals surface area contributed by atoms with E-state index in [1.54, 1.807) is 0 Å². The van der Waals surface area contributed by atoms with Gasteiger partial charge >= 0.3 is 23.9 Å². The molecule has 0 rings (SSSR count). The third-order valence-electron chi connectivity index (χ3n) is 1.04.